The maximum atomic E-state index is 13.1. The minimum atomic E-state index is -4.59. The van der Waals surface area contributed by atoms with Crippen LogP contribution in [0.4, 0.5) is 23.8 Å². The highest BCUT2D eigenvalue weighted by molar-refractivity contribution is 5.88. The first-order valence-corrected chi connectivity index (χ1v) is 9.77. The third-order valence-corrected chi connectivity index (χ3v) is 4.57. The summed E-state index contributed by atoms with van der Waals surface area (Å²) in [6, 6.07) is 4.07. The molecule has 0 bridgehead atoms. The molecule has 0 saturated heterocycles. The maximum absolute atomic E-state index is 13.1. The topological polar surface area (TPSA) is 93.6 Å². The van der Waals surface area contributed by atoms with Gasteiger partial charge in [-0.1, -0.05) is 23.7 Å². The molecule has 0 radical (unpaired) electrons. The second-order valence-electron chi connectivity index (χ2n) is 7.07. The van der Waals surface area contributed by atoms with E-state index in [1.54, 1.807) is 20.0 Å². The maximum Gasteiger partial charge on any atom is 0.437 e. The van der Waals surface area contributed by atoms with Gasteiger partial charge in [0.05, 0.1) is 12.0 Å². The molecule has 168 valence electrons. The molecule has 1 N–H and O–H groups in total. The largest absolute Gasteiger partial charge is 0.493 e. The number of carbonyl (C=O) groups excluding carboxylic acids is 1. The lowest BCUT2D eigenvalue weighted by Gasteiger charge is -2.17. The molecule has 0 atom stereocenters. The first-order valence-electron chi connectivity index (χ1n) is 9.77. The zero-order chi connectivity index (χ0) is 22.6. The van der Waals surface area contributed by atoms with Crippen molar-refractivity contribution in [2.75, 3.05) is 25.5 Å². The molecule has 2 amide bonds. The van der Waals surface area contributed by atoms with Crippen LogP contribution in [-0.4, -0.2) is 41.4 Å². The Labute approximate surface area is 176 Å². The van der Waals surface area contributed by atoms with Crippen LogP contribution in [0.3, 0.4) is 0 Å². The van der Waals surface area contributed by atoms with Gasteiger partial charge in [0.2, 0.25) is 0 Å². The second kappa shape index (κ2) is 9.27. The molecule has 0 fully saturated rings. The first kappa shape index (κ1) is 22.4. The number of halogens is 3. The van der Waals surface area contributed by atoms with Crippen molar-refractivity contribution in [1.29, 1.82) is 0 Å². The van der Waals surface area contributed by atoms with Gasteiger partial charge in [-0.2, -0.15) is 13.2 Å². The summed E-state index contributed by atoms with van der Waals surface area (Å²) in [6.07, 6.45) is -2.90. The lowest BCUT2D eigenvalue weighted by Crippen LogP contribution is -2.32. The van der Waals surface area contributed by atoms with Gasteiger partial charge < -0.3 is 18.7 Å². The van der Waals surface area contributed by atoms with Crippen LogP contribution >= 0.6 is 0 Å². The third-order valence-electron chi connectivity index (χ3n) is 4.57. The molecule has 0 spiro atoms. The Bertz CT molecular complexity index is 1040. The number of nitrogens with zero attached hydrogens (tertiary/aromatic N) is 3. The molecule has 0 unspecified atom stereocenters. The van der Waals surface area contributed by atoms with E-state index >= 15 is 0 Å². The molecule has 0 aliphatic heterocycles. The number of ether oxygens (including phenoxy) is 1. The number of aryl methyl sites for hydroxylation is 2. The molecule has 0 saturated carbocycles. The van der Waals surface area contributed by atoms with Gasteiger partial charge in [-0.25, -0.2) is 4.79 Å². The molecule has 0 aliphatic carbocycles. The Morgan fingerprint density at radius 2 is 2.03 bits per heavy atom. The Morgan fingerprint density at radius 3 is 2.68 bits per heavy atom. The molecule has 3 rings (SSSR count). The summed E-state index contributed by atoms with van der Waals surface area (Å²) in [7, 11) is 1.63. The van der Waals surface area contributed by atoms with Gasteiger partial charge in [0.15, 0.2) is 17.1 Å². The van der Waals surface area contributed by atoms with Gasteiger partial charge in [-0.15, -0.1) is 0 Å². The van der Waals surface area contributed by atoms with E-state index in [-0.39, 0.29) is 23.6 Å². The molecular formula is C20H23F3N4O4. The molecule has 0 aliphatic rings. The number of fused-ring (bicyclic) bond motifs is 1. The summed E-state index contributed by atoms with van der Waals surface area (Å²) >= 11 is 0. The van der Waals surface area contributed by atoms with Crippen LogP contribution < -0.4 is 10.1 Å². The lowest BCUT2D eigenvalue weighted by molar-refractivity contribution is -0.141. The predicted molar refractivity (Wildman–Crippen MR) is 106 cm³/mol. The number of rotatable bonds is 8. The van der Waals surface area contributed by atoms with E-state index in [1.165, 1.54) is 17.0 Å². The average Bonchev–Trinajstić information content (AvgIpc) is 3.32. The molecule has 2 heterocycles. The smallest absolute Gasteiger partial charge is 0.437 e. The van der Waals surface area contributed by atoms with Crippen molar-refractivity contribution < 1.29 is 31.7 Å². The highest BCUT2D eigenvalue weighted by Gasteiger charge is 2.37. The summed E-state index contributed by atoms with van der Waals surface area (Å²) in [4.78, 5) is 13.6. The van der Waals surface area contributed by atoms with Crippen molar-refractivity contribution in [3.05, 3.63) is 35.2 Å². The van der Waals surface area contributed by atoms with E-state index in [1.807, 2.05) is 6.92 Å². The summed E-state index contributed by atoms with van der Waals surface area (Å²) in [5.41, 5.74) is -0.400. The summed E-state index contributed by atoms with van der Waals surface area (Å²) in [5.74, 6) is 1.36. The van der Waals surface area contributed by atoms with Crippen LogP contribution in [0.25, 0.3) is 11.0 Å². The van der Waals surface area contributed by atoms with Crippen molar-refractivity contribution in [2.45, 2.75) is 39.3 Å². The standard InChI is InChI=1S/C20H23F3N4O4/c1-4-6-13-15(8-7-14-17(13)31-26-18(14)20(21,22)23)29-10-5-9-27(3)19(28)24-16-11-12(2)30-25-16/h7-8,11H,4-6,9-10H2,1-3H3,(H,24,25,28). The number of anilines is 1. The Kier molecular flexibility index (Phi) is 6.71. The van der Waals surface area contributed by atoms with Gasteiger partial charge in [0.1, 0.15) is 11.5 Å². The highest BCUT2D eigenvalue weighted by atomic mass is 19.4. The number of aromatic nitrogens is 2. The zero-order valence-corrected chi connectivity index (χ0v) is 17.4. The van der Waals surface area contributed by atoms with E-state index in [0.29, 0.717) is 48.7 Å². The van der Waals surface area contributed by atoms with E-state index in [9.17, 15) is 18.0 Å². The average molecular weight is 440 g/mol. The van der Waals surface area contributed by atoms with Crippen LogP contribution in [0.1, 0.15) is 36.8 Å². The summed E-state index contributed by atoms with van der Waals surface area (Å²) < 4.78 is 55.0. The molecule has 31 heavy (non-hydrogen) atoms. The Balaban J connectivity index is 1.60. The molecule has 2 aromatic heterocycles. The third kappa shape index (κ3) is 5.28. The number of nitrogens with one attached hydrogen (secondary N) is 1. The fraction of sp³-hybridized carbons (Fsp3) is 0.450. The quantitative estimate of drug-likeness (QED) is 0.494. The van der Waals surface area contributed by atoms with E-state index in [2.05, 4.69) is 15.6 Å². The van der Waals surface area contributed by atoms with Crippen molar-refractivity contribution in [3.63, 3.8) is 0 Å². The van der Waals surface area contributed by atoms with Gasteiger partial charge in [0.25, 0.3) is 0 Å². The van der Waals surface area contributed by atoms with Crippen LogP contribution in [0.15, 0.2) is 27.2 Å². The summed E-state index contributed by atoms with van der Waals surface area (Å²) in [5, 5.41) is 9.44. The highest BCUT2D eigenvalue weighted by Crippen LogP contribution is 2.38. The van der Waals surface area contributed by atoms with Crippen LogP contribution in [0, 0.1) is 6.92 Å². The Hall–Kier alpha value is -3.24. The van der Waals surface area contributed by atoms with E-state index < -0.39 is 11.9 Å². The fourth-order valence-corrected chi connectivity index (χ4v) is 3.08. The zero-order valence-electron chi connectivity index (χ0n) is 17.4. The van der Waals surface area contributed by atoms with Crippen LogP contribution in [0.2, 0.25) is 0 Å². The van der Waals surface area contributed by atoms with Gasteiger partial charge >= 0.3 is 12.2 Å². The first-order chi connectivity index (χ1) is 14.7. The minimum Gasteiger partial charge on any atom is -0.493 e. The summed E-state index contributed by atoms with van der Waals surface area (Å²) in [6.45, 7) is 4.29. The van der Waals surface area contributed by atoms with Crippen molar-refractivity contribution in [3.8, 4) is 5.75 Å². The number of benzene rings is 1. The van der Waals surface area contributed by atoms with Gasteiger partial charge in [0, 0.05) is 25.2 Å². The van der Waals surface area contributed by atoms with Crippen LogP contribution in [-0.2, 0) is 12.6 Å². The predicted octanol–water partition coefficient (Wildman–Crippen LogP) is 5.03. The van der Waals surface area contributed by atoms with Gasteiger partial charge in [-0.3, -0.25) is 5.32 Å². The fourth-order valence-electron chi connectivity index (χ4n) is 3.08. The lowest BCUT2D eigenvalue weighted by atomic mass is 10.0. The second-order valence-corrected chi connectivity index (χ2v) is 7.07. The molecular weight excluding hydrogens is 417 g/mol. The van der Waals surface area contributed by atoms with Crippen molar-refractivity contribution in [1.82, 2.24) is 15.2 Å². The van der Waals surface area contributed by atoms with E-state index in [4.69, 9.17) is 13.8 Å². The molecule has 11 heteroatoms. The molecule has 3 aromatic rings. The van der Waals surface area contributed by atoms with Crippen molar-refractivity contribution in [2.24, 2.45) is 0 Å². The van der Waals surface area contributed by atoms with Gasteiger partial charge in [-0.05, 0) is 31.9 Å². The number of carbonyl (C=O) groups is 1. The number of hydrogen-bond acceptors (Lipinski definition) is 6. The number of urea groups is 1. The minimum absolute atomic E-state index is 0.0807. The SMILES string of the molecule is CCCc1c(OCCCN(C)C(=O)Nc2cc(C)on2)ccc2c(C(F)(F)F)noc12. The number of hydrogen-bond donors (Lipinski definition) is 1. The number of amides is 2. The monoisotopic (exact) mass is 440 g/mol. The van der Waals surface area contributed by atoms with E-state index in [0.717, 1.165) is 0 Å². The Morgan fingerprint density at radius 1 is 1.26 bits per heavy atom. The van der Waals surface area contributed by atoms with Crippen molar-refractivity contribution >= 4 is 22.8 Å². The molecule has 8 nitrogen and oxygen atoms in total. The molecule has 1 aromatic carbocycles. The number of alkyl halides is 3. The van der Waals surface area contributed by atoms with Crippen LogP contribution in [0.5, 0.6) is 5.75 Å². The normalized spacial score (nSPS) is 11.7.